The zero-order valence-electron chi connectivity index (χ0n) is 16.3. The summed E-state index contributed by atoms with van der Waals surface area (Å²) in [4.78, 5) is 14.2. The number of rotatable bonds is 6. The highest BCUT2D eigenvalue weighted by atomic mass is 32.2. The van der Waals surface area contributed by atoms with E-state index in [4.69, 9.17) is 0 Å². The van der Waals surface area contributed by atoms with Crippen LogP contribution in [0.15, 0.2) is 53.9 Å². The fourth-order valence-corrected chi connectivity index (χ4v) is 4.24. The summed E-state index contributed by atoms with van der Waals surface area (Å²) in [6.07, 6.45) is 4.45. The summed E-state index contributed by atoms with van der Waals surface area (Å²) in [5.74, 6) is -0.242. The molecule has 5 nitrogen and oxygen atoms in total. The second-order valence-corrected chi connectivity index (χ2v) is 8.84. The van der Waals surface area contributed by atoms with E-state index in [1.165, 1.54) is 11.6 Å². The lowest BCUT2D eigenvalue weighted by atomic mass is 9.87. The number of amides is 1. The molecule has 0 radical (unpaired) electrons. The number of hydrogen-bond acceptors (Lipinski definition) is 3. The molecule has 1 amide bonds. The summed E-state index contributed by atoms with van der Waals surface area (Å²) in [6, 6.07) is 15.7. The molecule has 2 aromatic carbocycles. The number of aryl methyl sites for hydroxylation is 2. The molecular formula is C22H26N2O3S. The van der Waals surface area contributed by atoms with E-state index in [1.807, 2.05) is 43.3 Å². The molecule has 0 heterocycles. The van der Waals surface area contributed by atoms with Crippen molar-refractivity contribution in [2.45, 2.75) is 32.2 Å². The average molecular weight is 399 g/mol. The Morgan fingerprint density at radius 2 is 1.89 bits per heavy atom. The fraction of sp³-hybridized carbons (Fsp3) is 0.318. The first-order valence-corrected chi connectivity index (χ1v) is 11.0. The van der Waals surface area contributed by atoms with Gasteiger partial charge in [-0.3, -0.25) is 4.79 Å². The van der Waals surface area contributed by atoms with Crippen molar-refractivity contribution in [1.82, 2.24) is 9.62 Å². The van der Waals surface area contributed by atoms with Gasteiger partial charge in [0.15, 0.2) is 0 Å². The summed E-state index contributed by atoms with van der Waals surface area (Å²) in [5, 5.41) is 1.10. The molecule has 6 heteroatoms. The van der Waals surface area contributed by atoms with Gasteiger partial charge in [0.05, 0.1) is 12.6 Å². The Balaban J connectivity index is 1.61. The maximum Gasteiger partial charge on any atom is 0.237 e. The predicted octanol–water partition coefficient (Wildman–Crippen LogP) is 3.42. The minimum absolute atomic E-state index is 0.00921. The molecule has 0 fully saturated rings. The minimum atomic E-state index is -3.69. The van der Waals surface area contributed by atoms with Gasteiger partial charge in [-0.05, 0) is 49.0 Å². The van der Waals surface area contributed by atoms with Crippen LogP contribution >= 0.6 is 0 Å². The van der Waals surface area contributed by atoms with Crippen molar-refractivity contribution >= 4 is 22.0 Å². The lowest BCUT2D eigenvalue weighted by Gasteiger charge is -2.33. The van der Waals surface area contributed by atoms with Crippen LogP contribution in [0, 0.1) is 6.92 Å². The van der Waals surface area contributed by atoms with Crippen LogP contribution in [0.25, 0.3) is 6.08 Å². The van der Waals surface area contributed by atoms with Crippen LogP contribution in [0.2, 0.25) is 0 Å². The van der Waals surface area contributed by atoms with E-state index in [-0.39, 0.29) is 18.5 Å². The summed E-state index contributed by atoms with van der Waals surface area (Å²) in [7, 11) is -1.95. The van der Waals surface area contributed by atoms with Gasteiger partial charge in [0, 0.05) is 12.5 Å². The van der Waals surface area contributed by atoms with Crippen LogP contribution in [0.3, 0.4) is 0 Å². The Morgan fingerprint density at radius 1 is 1.18 bits per heavy atom. The molecule has 0 aliphatic heterocycles. The highest BCUT2D eigenvalue weighted by Gasteiger charge is 2.26. The molecule has 0 saturated heterocycles. The minimum Gasteiger partial charge on any atom is -0.338 e. The molecule has 1 atom stereocenters. The van der Waals surface area contributed by atoms with Crippen molar-refractivity contribution in [2.24, 2.45) is 0 Å². The molecule has 3 rings (SSSR count). The molecular weight excluding hydrogens is 372 g/mol. The highest BCUT2D eigenvalue weighted by Crippen LogP contribution is 2.33. The van der Waals surface area contributed by atoms with Gasteiger partial charge in [0.25, 0.3) is 0 Å². The number of nitrogens with one attached hydrogen (secondary N) is 1. The summed E-state index contributed by atoms with van der Waals surface area (Å²) in [5.41, 5.74) is 4.32. The molecule has 0 saturated carbocycles. The van der Waals surface area contributed by atoms with Gasteiger partial charge in [-0.2, -0.15) is 0 Å². The van der Waals surface area contributed by atoms with E-state index < -0.39 is 10.0 Å². The molecule has 1 N–H and O–H groups in total. The Morgan fingerprint density at radius 3 is 2.64 bits per heavy atom. The monoisotopic (exact) mass is 398 g/mol. The van der Waals surface area contributed by atoms with Crippen molar-refractivity contribution in [3.05, 3.63) is 76.2 Å². The molecule has 28 heavy (non-hydrogen) atoms. The average Bonchev–Trinajstić information content (AvgIpc) is 2.71. The third-order valence-corrected chi connectivity index (χ3v) is 6.18. The van der Waals surface area contributed by atoms with Gasteiger partial charge in [0.1, 0.15) is 0 Å². The van der Waals surface area contributed by atoms with E-state index >= 15 is 0 Å². The first kappa shape index (κ1) is 20.3. The Kier molecular flexibility index (Phi) is 6.31. The number of fused-ring (bicyclic) bond motifs is 1. The van der Waals surface area contributed by atoms with Crippen LogP contribution in [0.1, 0.15) is 41.1 Å². The molecule has 0 aromatic heterocycles. The smallest absolute Gasteiger partial charge is 0.237 e. The van der Waals surface area contributed by atoms with Crippen molar-refractivity contribution in [3.63, 3.8) is 0 Å². The van der Waals surface area contributed by atoms with E-state index in [2.05, 4.69) is 16.9 Å². The van der Waals surface area contributed by atoms with Crippen LogP contribution < -0.4 is 4.72 Å². The second kappa shape index (κ2) is 8.71. The van der Waals surface area contributed by atoms with E-state index in [1.54, 1.807) is 11.9 Å². The number of carbonyl (C=O) groups excluding carboxylic acids is 1. The third kappa shape index (κ3) is 5.09. The Bertz CT molecular complexity index is 966. The predicted molar refractivity (Wildman–Crippen MR) is 112 cm³/mol. The first-order chi connectivity index (χ1) is 13.4. The zero-order chi connectivity index (χ0) is 20.1. The van der Waals surface area contributed by atoms with Crippen molar-refractivity contribution in [3.8, 4) is 0 Å². The lowest BCUT2D eigenvalue weighted by molar-refractivity contribution is -0.131. The number of likely N-dealkylation sites (N-methyl/N-ethyl adjacent to an activating group) is 1. The quantitative estimate of drug-likeness (QED) is 0.811. The molecule has 1 unspecified atom stereocenters. The highest BCUT2D eigenvalue weighted by molar-refractivity contribution is 7.92. The Hall–Kier alpha value is -2.44. The van der Waals surface area contributed by atoms with E-state index in [9.17, 15) is 13.2 Å². The lowest BCUT2D eigenvalue weighted by Crippen LogP contribution is -2.40. The topological polar surface area (TPSA) is 66.5 Å². The molecule has 0 bridgehead atoms. The van der Waals surface area contributed by atoms with Crippen molar-refractivity contribution in [1.29, 1.82) is 0 Å². The molecule has 1 aliphatic rings. The SMILES string of the molecule is Cc1ccc(C=CS(=O)(=O)NCC(=O)N(C)C2CCCc3ccccc32)cc1. The Labute approximate surface area is 167 Å². The van der Waals surface area contributed by atoms with Crippen LogP contribution in [-0.4, -0.2) is 32.8 Å². The summed E-state index contributed by atoms with van der Waals surface area (Å²) in [6.45, 7) is 1.72. The number of benzene rings is 2. The van der Waals surface area contributed by atoms with Crippen molar-refractivity contribution < 1.29 is 13.2 Å². The fourth-order valence-electron chi connectivity index (χ4n) is 3.49. The number of nitrogens with zero attached hydrogens (tertiary/aromatic N) is 1. The summed E-state index contributed by atoms with van der Waals surface area (Å²) < 4.78 is 26.8. The normalized spacial score (nSPS) is 16.7. The first-order valence-electron chi connectivity index (χ1n) is 9.43. The number of hydrogen-bond donors (Lipinski definition) is 1. The van der Waals surface area contributed by atoms with Gasteiger partial charge in [-0.25, -0.2) is 13.1 Å². The number of carbonyl (C=O) groups is 1. The maximum absolute atomic E-state index is 12.6. The van der Waals surface area contributed by atoms with Gasteiger partial charge < -0.3 is 4.90 Å². The van der Waals surface area contributed by atoms with Gasteiger partial charge in [-0.15, -0.1) is 0 Å². The molecule has 148 valence electrons. The third-order valence-electron chi connectivity index (χ3n) is 5.14. The van der Waals surface area contributed by atoms with Crippen LogP contribution in [-0.2, 0) is 21.2 Å². The van der Waals surface area contributed by atoms with Crippen molar-refractivity contribution in [2.75, 3.05) is 13.6 Å². The summed E-state index contributed by atoms with van der Waals surface area (Å²) >= 11 is 0. The van der Waals surface area contributed by atoms with Gasteiger partial charge in [0.2, 0.25) is 15.9 Å². The van der Waals surface area contributed by atoms with Gasteiger partial charge in [-0.1, -0.05) is 54.1 Å². The van der Waals surface area contributed by atoms with E-state index in [0.717, 1.165) is 41.4 Å². The van der Waals surface area contributed by atoms with Crippen LogP contribution in [0.5, 0.6) is 0 Å². The standard InChI is InChI=1S/C22H26N2O3S/c1-17-10-12-18(13-11-17)14-15-28(26,27)23-16-22(25)24(2)21-9-5-7-19-6-3-4-8-20(19)21/h3-4,6,8,10-15,21,23H,5,7,9,16H2,1-2H3. The number of sulfonamides is 1. The van der Waals surface area contributed by atoms with Gasteiger partial charge >= 0.3 is 0 Å². The maximum atomic E-state index is 12.6. The molecule has 1 aliphatic carbocycles. The molecule has 2 aromatic rings. The zero-order valence-corrected chi connectivity index (χ0v) is 17.1. The molecule has 0 spiro atoms. The van der Waals surface area contributed by atoms with Crippen LogP contribution in [0.4, 0.5) is 0 Å². The largest absolute Gasteiger partial charge is 0.338 e. The second-order valence-electron chi connectivity index (χ2n) is 7.19. The van der Waals surface area contributed by atoms with E-state index in [0.29, 0.717) is 0 Å².